The van der Waals surface area contributed by atoms with E-state index in [-0.39, 0.29) is 17.6 Å². The lowest BCUT2D eigenvalue weighted by Crippen LogP contribution is -2.43. The molecule has 0 fully saturated rings. The number of rotatable bonds is 3. The van der Waals surface area contributed by atoms with Crippen LogP contribution in [0.3, 0.4) is 0 Å². The molecular weight excluding hydrogens is 356 g/mol. The topological polar surface area (TPSA) is 81.8 Å². The smallest absolute Gasteiger partial charge is 0.341 e. The Labute approximate surface area is 162 Å². The zero-order valence-electron chi connectivity index (χ0n) is 15.7. The SMILES string of the molecule is CC1=C(C)C[C@@]2(N=C(c3ccccc3)OC2=O)[C@@H](c2ccc([N+](=O)[O-])cc2)C1. The van der Waals surface area contributed by atoms with Crippen LogP contribution in [-0.2, 0) is 9.53 Å². The van der Waals surface area contributed by atoms with Gasteiger partial charge in [0.15, 0.2) is 5.54 Å². The van der Waals surface area contributed by atoms with E-state index >= 15 is 0 Å². The Bertz CT molecular complexity index is 1010. The van der Waals surface area contributed by atoms with Crippen molar-refractivity contribution < 1.29 is 14.5 Å². The molecule has 0 N–H and O–H groups in total. The van der Waals surface area contributed by atoms with Gasteiger partial charge in [-0.1, -0.05) is 41.5 Å². The van der Waals surface area contributed by atoms with Gasteiger partial charge in [-0.15, -0.1) is 0 Å². The third-order valence-corrected chi connectivity index (χ3v) is 5.72. The standard InChI is InChI=1S/C22H20N2O4/c1-14-12-19(16-8-10-18(11-9-16)24(26)27)22(13-15(14)2)21(25)28-20(23-22)17-6-4-3-5-7-17/h3-11,19H,12-13H2,1-2H3/t19-,22-/m1/s1. The van der Waals surface area contributed by atoms with E-state index in [1.54, 1.807) is 12.1 Å². The Kier molecular flexibility index (Phi) is 4.34. The van der Waals surface area contributed by atoms with Crippen LogP contribution < -0.4 is 0 Å². The average molecular weight is 376 g/mol. The fraction of sp³-hybridized carbons (Fsp3) is 0.273. The summed E-state index contributed by atoms with van der Waals surface area (Å²) in [5, 5.41) is 11.0. The van der Waals surface area contributed by atoms with Gasteiger partial charge >= 0.3 is 5.97 Å². The lowest BCUT2D eigenvalue weighted by Gasteiger charge is -2.37. The largest absolute Gasteiger partial charge is 0.405 e. The van der Waals surface area contributed by atoms with Crippen molar-refractivity contribution in [3.63, 3.8) is 0 Å². The number of nitro benzene ring substituents is 1. The van der Waals surface area contributed by atoms with Gasteiger partial charge in [-0.25, -0.2) is 9.79 Å². The molecule has 1 aliphatic heterocycles. The number of carbonyl (C=O) groups is 1. The molecule has 2 atom stereocenters. The number of benzene rings is 2. The predicted octanol–water partition coefficient (Wildman–Crippen LogP) is 4.55. The molecule has 6 heteroatoms. The van der Waals surface area contributed by atoms with Crippen molar-refractivity contribution in [1.82, 2.24) is 0 Å². The van der Waals surface area contributed by atoms with Gasteiger partial charge in [-0.05, 0) is 38.0 Å². The van der Waals surface area contributed by atoms with Gasteiger partial charge in [0.05, 0.1) is 4.92 Å². The van der Waals surface area contributed by atoms with Crippen LogP contribution >= 0.6 is 0 Å². The molecule has 0 amide bonds. The lowest BCUT2D eigenvalue weighted by atomic mass is 9.68. The molecule has 0 bridgehead atoms. The molecule has 4 rings (SSSR count). The second-order valence-electron chi connectivity index (χ2n) is 7.44. The maximum Gasteiger partial charge on any atom is 0.341 e. The number of ether oxygens (including phenoxy) is 1. The highest BCUT2D eigenvalue weighted by molar-refractivity contribution is 6.08. The molecule has 1 heterocycles. The summed E-state index contributed by atoms with van der Waals surface area (Å²) in [5.41, 5.74) is 2.95. The highest BCUT2D eigenvalue weighted by atomic mass is 16.6. The second-order valence-corrected chi connectivity index (χ2v) is 7.44. The van der Waals surface area contributed by atoms with Gasteiger partial charge in [0, 0.05) is 30.0 Å². The average Bonchev–Trinajstić information content (AvgIpc) is 3.02. The minimum absolute atomic E-state index is 0.0273. The minimum Gasteiger partial charge on any atom is -0.405 e. The molecule has 0 radical (unpaired) electrons. The Morgan fingerprint density at radius 3 is 2.39 bits per heavy atom. The zero-order chi connectivity index (χ0) is 19.9. The number of nitro groups is 1. The van der Waals surface area contributed by atoms with Gasteiger partial charge in [0.1, 0.15) is 0 Å². The molecule has 0 saturated carbocycles. The molecule has 2 aromatic carbocycles. The van der Waals surface area contributed by atoms with Crippen LogP contribution in [0.5, 0.6) is 0 Å². The molecular formula is C22H20N2O4. The molecule has 0 unspecified atom stereocenters. The Morgan fingerprint density at radius 1 is 1.07 bits per heavy atom. The number of allylic oxidation sites excluding steroid dienone is 1. The third kappa shape index (κ3) is 2.91. The Hall–Kier alpha value is -3.28. The van der Waals surface area contributed by atoms with Crippen LogP contribution in [0.4, 0.5) is 5.69 Å². The predicted molar refractivity (Wildman–Crippen MR) is 105 cm³/mol. The number of hydrogen-bond donors (Lipinski definition) is 0. The number of hydrogen-bond acceptors (Lipinski definition) is 5. The molecule has 1 aliphatic carbocycles. The van der Waals surface area contributed by atoms with Gasteiger partial charge in [0.25, 0.3) is 5.69 Å². The highest BCUT2D eigenvalue weighted by Crippen LogP contribution is 2.49. The second kappa shape index (κ2) is 6.71. The molecule has 0 saturated heterocycles. The Morgan fingerprint density at radius 2 is 1.75 bits per heavy atom. The minimum atomic E-state index is -1.04. The van der Waals surface area contributed by atoms with Crippen molar-refractivity contribution in [2.24, 2.45) is 4.99 Å². The summed E-state index contributed by atoms with van der Waals surface area (Å²) in [6.45, 7) is 4.08. The van der Waals surface area contributed by atoms with Gasteiger partial charge < -0.3 is 4.74 Å². The summed E-state index contributed by atoms with van der Waals surface area (Å²) in [5.74, 6) is -0.253. The van der Waals surface area contributed by atoms with E-state index in [0.29, 0.717) is 18.7 Å². The van der Waals surface area contributed by atoms with E-state index in [2.05, 4.69) is 6.92 Å². The first kappa shape index (κ1) is 18.1. The van der Waals surface area contributed by atoms with Crippen molar-refractivity contribution in [2.75, 3.05) is 0 Å². The summed E-state index contributed by atoms with van der Waals surface area (Å²) in [4.78, 5) is 28.4. The monoisotopic (exact) mass is 376 g/mol. The molecule has 2 aromatic rings. The van der Waals surface area contributed by atoms with Crippen LogP contribution in [0, 0.1) is 10.1 Å². The van der Waals surface area contributed by atoms with Crippen LogP contribution in [0.15, 0.2) is 70.7 Å². The number of esters is 1. The van der Waals surface area contributed by atoms with Crippen molar-refractivity contribution in [2.45, 2.75) is 38.1 Å². The molecule has 2 aliphatic rings. The van der Waals surface area contributed by atoms with Gasteiger partial charge in [-0.3, -0.25) is 10.1 Å². The summed E-state index contributed by atoms with van der Waals surface area (Å²) in [6.07, 6.45) is 1.14. The number of nitrogens with zero attached hydrogens (tertiary/aromatic N) is 2. The van der Waals surface area contributed by atoms with Crippen LogP contribution in [0.1, 0.15) is 43.7 Å². The van der Waals surface area contributed by atoms with Gasteiger partial charge in [-0.2, -0.15) is 0 Å². The molecule has 0 aromatic heterocycles. The Balaban J connectivity index is 1.81. The summed E-state index contributed by atoms with van der Waals surface area (Å²) in [6, 6.07) is 15.8. The van der Waals surface area contributed by atoms with Crippen molar-refractivity contribution in [3.05, 3.63) is 87.0 Å². The fourth-order valence-electron chi connectivity index (χ4n) is 4.01. The number of cyclic esters (lactones) is 1. The summed E-state index contributed by atoms with van der Waals surface area (Å²) >= 11 is 0. The molecule has 28 heavy (non-hydrogen) atoms. The quantitative estimate of drug-likeness (QED) is 0.340. The first-order valence-corrected chi connectivity index (χ1v) is 9.18. The van der Waals surface area contributed by atoms with Crippen LogP contribution in [-0.4, -0.2) is 22.3 Å². The van der Waals surface area contributed by atoms with Gasteiger partial charge in [0.2, 0.25) is 5.90 Å². The zero-order valence-corrected chi connectivity index (χ0v) is 15.7. The number of carbonyl (C=O) groups excluding carboxylic acids is 1. The first-order valence-electron chi connectivity index (χ1n) is 9.18. The van der Waals surface area contributed by atoms with Crippen molar-refractivity contribution in [3.8, 4) is 0 Å². The normalized spacial score (nSPS) is 24.3. The van der Waals surface area contributed by atoms with E-state index < -0.39 is 10.5 Å². The summed E-state index contributed by atoms with van der Waals surface area (Å²) in [7, 11) is 0. The van der Waals surface area contributed by atoms with Crippen molar-refractivity contribution >= 4 is 17.6 Å². The molecule has 6 nitrogen and oxygen atoms in total. The molecule has 142 valence electrons. The van der Waals surface area contributed by atoms with E-state index in [4.69, 9.17) is 9.73 Å². The highest BCUT2D eigenvalue weighted by Gasteiger charge is 2.54. The number of non-ortho nitro benzene ring substituents is 1. The van der Waals surface area contributed by atoms with Crippen LogP contribution in [0.2, 0.25) is 0 Å². The third-order valence-electron chi connectivity index (χ3n) is 5.72. The summed E-state index contributed by atoms with van der Waals surface area (Å²) < 4.78 is 5.62. The first-order chi connectivity index (χ1) is 13.4. The number of aliphatic imine (C=N–C) groups is 1. The molecule has 1 spiro atoms. The van der Waals surface area contributed by atoms with Crippen molar-refractivity contribution in [1.29, 1.82) is 0 Å². The van der Waals surface area contributed by atoms with Crippen LogP contribution in [0.25, 0.3) is 0 Å². The maximum atomic E-state index is 13.1. The van der Waals surface area contributed by atoms with E-state index in [0.717, 1.165) is 16.7 Å². The van der Waals surface area contributed by atoms with E-state index in [1.807, 2.05) is 37.3 Å². The lowest BCUT2D eigenvalue weighted by molar-refractivity contribution is -0.384. The van der Waals surface area contributed by atoms with E-state index in [1.165, 1.54) is 17.7 Å². The fourth-order valence-corrected chi connectivity index (χ4v) is 4.01. The maximum absolute atomic E-state index is 13.1. The van der Waals surface area contributed by atoms with E-state index in [9.17, 15) is 14.9 Å².